The molecular weight excluding hydrogens is 540 g/mol. The molecule has 3 saturated heterocycles. The fourth-order valence-corrected chi connectivity index (χ4v) is 7.20. The van der Waals surface area contributed by atoms with Crippen LogP contribution in [0.4, 0.5) is 5.69 Å². The molecule has 3 N–H and O–H groups in total. The normalized spacial score (nSPS) is 27.8. The smallest absolute Gasteiger partial charge is 0.247 e. The highest BCUT2D eigenvalue weighted by atomic mass is 16.5. The van der Waals surface area contributed by atoms with Gasteiger partial charge in [0, 0.05) is 18.8 Å². The first-order valence-electron chi connectivity index (χ1n) is 14.6. The molecule has 222 valence electrons. The summed E-state index contributed by atoms with van der Waals surface area (Å²) in [7, 11) is 0. The zero-order chi connectivity index (χ0) is 29.5. The van der Waals surface area contributed by atoms with Gasteiger partial charge in [0.1, 0.15) is 29.6 Å². The van der Waals surface area contributed by atoms with Gasteiger partial charge in [0.05, 0.1) is 29.6 Å². The molecule has 3 aliphatic heterocycles. The van der Waals surface area contributed by atoms with Crippen molar-refractivity contribution in [3.8, 4) is 5.75 Å². The maximum Gasteiger partial charge on any atom is 0.247 e. The van der Waals surface area contributed by atoms with Gasteiger partial charge in [-0.05, 0) is 69.0 Å². The molecule has 5 atom stereocenters. The zero-order valence-electron chi connectivity index (χ0n) is 23.8. The van der Waals surface area contributed by atoms with Gasteiger partial charge in [-0.3, -0.25) is 14.4 Å². The number of aliphatic hydroxyl groups is 1. The molecule has 3 fully saturated rings. The average molecular weight is 577 g/mol. The van der Waals surface area contributed by atoms with Crippen molar-refractivity contribution >= 4 is 34.4 Å². The molecule has 3 aromatic rings. The minimum Gasteiger partial charge on any atom is -0.494 e. The van der Waals surface area contributed by atoms with E-state index in [0.717, 1.165) is 5.52 Å². The van der Waals surface area contributed by atoms with Crippen molar-refractivity contribution in [1.29, 1.82) is 0 Å². The van der Waals surface area contributed by atoms with E-state index >= 15 is 0 Å². The number of rotatable bonds is 11. The third-order valence-corrected chi connectivity index (χ3v) is 9.02. The second-order valence-corrected chi connectivity index (χ2v) is 11.2. The Bertz CT molecular complexity index is 1490. The number of ether oxygens (including phenoxy) is 2. The molecule has 3 aliphatic rings. The van der Waals surface area contributed by atoms with Gasteiger partial charge in [0.15, 0.2) is 0 Å². The van der Waals surface area contributed by atoms with Crippen molar-refractivity contribution in [1.82, 2.24) is 25.2 Å². The molecule has 0 aliphatic carbocycles. The predicted molar refractivity (Wildman–Crippen MR) is 152 cm³/mol. The minimum atomic E-state index is -1.15. The summed E-state index contributed by atoms with van der Waals surface area (Å²) >= 11 is 0. The van der Waals surface area contributed by atoms with Crippen LogP contribution < -0.4 is 15.4 Å². The average Bonchev–Trinajstić information content (AvgIpc) is 3.73. The molecule has 2 aromatic carbocycles. The Labute approximate surface area is 243 Å². The van der Waals surface area contributed by atoms with Gasteiger partial charge in [0.2, 0.25) is 17.7 Å². The molecule has 42 heavy (non-hydrogen) atoms. The largest absolute Gasteiger partial charge is 0.494 e. The van der Waals surface area contributed by atoms with E-state index in [-0.39, 0.29) is 37.5 Å². The number of para-hydroxylation sites is 1. The van der Waals surface area contributed by atoms with Crippen molar-refractivity contribution in [3.05, 3.63) is 48.5 Å². The van der Waals surface area contributed by atoms with Crippen LogP contribution in [0.25, 0.3) is 11.0 Å². The fraction of sp³-hybridized carbons (Fsp3) is 0.500. The number of hydrogen-bond acceptors (Lipinski definition) is 8. The van der Waals surface area contributed by atoms with Gasteiger partial charge in [-0.25, -0.2) is 4.68 Å². The van der Waals surface area contributed by atoms with E-state index in [0.29, 0.717) is 49.2 Å². The van der Waals surface area contributed by atoms with Crippen molar-refractivity contribution < 1.29 is 29.0 Å². The maximum absolute atomic E-state index is 14.1. The molecule has 1 spiro atoms. The number of nitrogens with one attached hydrogen (secondary N) is 2. The first-order valence-corrected chi connectivity index (χ1v) is 14.6. The van der Waals surface area contributed by atoms with Crippen molar-refractivity contribution in [2.24, 2.45) is 11.8 Å². The van der Waals surface area contributed by atoms with Crippen LogP contribution in [-0.2, 0) is 25.8 Å². The Balaban J connectivity index is 1.29. The number of likely N-dealkylation sites (tertiary alicyclic amines) is 1. The highest BCUT2D eigenvalue weighted by molar-refractivity contribution is 6.02. The summed E-state index contributed by atoms with van der Waals surface area (Å²) in [5.74, 6) is -1.89. The van der Waals surface area contributed by atoms with Crippen LogP contribution >= 0.6 is 0 Å². The van der Waals surface area contributed by atoms with E-state index in [9.17, 15) is 19.5 Å². The van der Waals surface area contributed by atoms with Gasteiger partial charge >= 0.3 is 0 Å². The monoisotopic (exact) mass is 576 g/mol. The molecule has 12 heteroatoms. The second kappa shape index (κ2) is 11.0. The summed E-state index contributed by atoms with van der Waals surface area (Å²) in [4.78, 5) is 43.5. The van der Waals surface area contributed by atoms with Gasteiger partial charge < -0.3 is 30.1 Å². The first-order chi connectivity index (χ1) is 20.4. The van der Waals surface area contributed by atoms with E-state index in [2.05, 4.69) is 20.9 Å². The minimum absolute atomic E-state index is 0.0548. The third-order valence-electron chi connectivity index (χ3n) is 9.02. The maximum atomic E-state index is 14.1. The lowest BCUT2D eigenvalue weighted by molar-refractivity contribution is -0.146. The molecular formula is C30H36N6O6. The Morgan fingerprint density at radius 1 is 1.12 bits per heavy atom. The van der Waals surface area contributed by atoms with Gasteiger partial charge in [-0.15, -0.1) is 5.10 Å². The highest BCUT2D eigenvalue weighted by Crippen LogP contribution is 2.64. The number of carbonyl (C=O) groups excluding carboxylic acids is 3. The Morgan fingerprint density at radius 2 is 1.90 bits per heavy atom. The van der Waals surface area contributed by atoms with Crippen LogP contribution in [0.3, 0.4) is 0 Å². The van der Waals surface area contributed by atoms with Gasteiger partial charge in [0.25, 0.3) is 0 Å². The summed E-state index contributed by atoms with van der Waals surface area (Å²) in [5.41, 5.74) is 0.0399. The number of nitrogens with zero attached hydrogens (tertiary/aromatic N) is 4. The molecule has 2 bridgehead atoms. The lowest BCUT2D eigenvalue weighted by Crippen LogP contribution is -2.55. The van der Waals surface area contributed by atoms with Crippen LogP contribution in [0.15, 0.2) is 48.5 Å². The summed E-state index contributed by atoms with van der Waals surface area (Å²) < 4.78 is 13.9. The van der Waals surface area contributed by atoms with Crippen LogP contribution in [0.5, 0.6) is 5.75 Å². The molecule has 12 nitrogen and oxygen atoms in total. The summed E-state index contributed by atoms with van der Waals surface area (Å²) in [5, 5.41) is 23.8. The number of amides is 3. The molecule has 2 unspecified atom stereocenters. The molecule has 0 radical (unpaired) electrons. The highest BCUT2D eigenvalue weighted by Gasteiger charge is 2.78. The van der Waals surface area contributed by atoms with E-state index in [1.54, 1.807) is 28.9 Å². The van der Waals surface area contributed by atoms with E-state index in [1.165, 1.54) is 4.90 Å². The summed E-state index contributed by atoms with van der Waals surface area (Å²) in [6, 6.07) is 13.6. The molecule has 4 heterocycles. The van der Waals surface area contributed by atoms with Crippen LogP contribution in [0, 0.1) is 11.8 Å². The number of benzene rings is 2. The first kappa shape index (κ1) is 28.1. The van der Waals surface area contributed by atoms with Gasteiger partial charge in [-0.1, -0.05) is 24.3 Å². The van der Waals surface area contributed by atoms with E-state index in [4.69, 9.17) is 9.47 Å². The van der Waals surface area contributed by atoms with Crippen LogP contribution in [0.1, 0.15) is 39.5 Å². The predicted octanol–water partition coefficient (Wildman–Crippen LogP) is 2.08. The number of aromatic nitrogens is 3. The SMILES string of the molecule is CCOc1ccc(NC(=O)[C@@H]2[C@H]3C(=O)N(CCCO)C(C(=O)NCn4nnc5ccccc54)C34CC[C@@]2(CC)O4)cc1. The summed E-state index contributed by atoms with van der Waals surface area (Å²) in [6.07, 6.45) is 1.86. The number of aliphatic hydroxyl groups excluding tert-OH is 1. The Morgan fingerprint density at radius 3 is 2.64 bits per heavy atom. The topological polar surface area (TPSA) is 148 Å². The Hall–Kier alpha value is -4.03. The fourth-order valence-electron chi connectivity index (χ4n) is 7.20. The number of fused-ring (bicyclic) bond motifs is 2. The van der Waals surface area contributed by atoms with Crippen LogP contribution in [0.2, 0.25) is 0 Å². The molecule has 3 amide bonds. The summed E-state index contributed by atoms with van der Waals surface area (Å²) in [6.45, 7) is 4.48. The van der Waals surface area contributed by atoms with Crippen molar-refractivity contribution in [3.63, 3.8) is 0 Å². The molecule has 6 rings (SSSR count). The lowest BCUT2D eigenvalue weighted by atomic mass is 9.65. The standard InChI is InChI=1S/C30H36N6O6/c1-3-29-14-15-30(42-29)24(23(29)26(38)32-19-10-12-20(13-11-19)41-4-2)28(40)35(16-7-17-37)25(30)27(39)31-18-36-22-9-6-5-8-21(22)33-34-36/h5-6,8-13,23-25,37H,3-4,7,14-18H2,1-2H3,(H,31,39)(H,32,38)/t23-,24-,25?,29+,30?/m0/s1. The van der Waals surface area contributed by atoms with Crippen molar-refractivity contribution in [2.45, 2.75) is 63.4 Å². The van der Waals surface area contributed by atoms with Crippen LogP contribution in [-0.4, -0.2) is 79.7 Å². The second-order valence-electron chi connectivity index (χ2n) is 11.2. The van der Waals surface area contributed by atoms with Gasteiger partial charge in [-0.2, -0.15) is 0 Å². The molecule has 1 aromatic heterocycles. The van der Waals surface area contributed by atoms with E-state index in [1.807, 2.05) is 38.1 Å². The van der Waals surface area contributed by atoms with E-state index < -0.39 is 29.1 Å². The molecule has 0 saturated carbocycles. The zero-order valence-corrected chi connectivity index (χ0v) is 23.8. The quantitative estimate of drug-likeness (QED) is 0.314. The number of carbonyl (C=O) groups is 3. The Kier molecular flexibility index (Phi) is 7.36. The lowest BCUT2D eigenvalue weighted by Gasteiger charge is -2.34. The number of anilines is 1. The number of hydrogen-bond donors (Lipinski definition) is 3. The van der Waals surface area contributed by atoms with Crippen molar-refractivity contribution in [2.75, 3.05) is 25.1 Å². The third kappa shape index (κ3) is 4.40.